The lowest BCUT2D eigenvalue weighted by molar-refractivity contribution is -0.116. The molecule has 4 rings (SSSR count). The van der Waals surface area contributed by atoms with Crippen molar-refractivity contribution in [3.05, 3.63) is 72.7 Å². The van der Waals surface area contributed by atoms with E-state index in [2.05, 4.69) is 0 Å². The van der Waals surface area contributed by atoms with Gasteiger partial charge in [0.1, 0.15) is 17.0 Å². The molecular weight excluding hydrogens is 404 g/mol. The number of hydrogen-bond acceptors (Lipinski definition) is 6. The highest BCUT2D eigenvalue weighted by atomic mass is 32.2. The molecule has 0 N–H and O–H groups in total. The van der Waals surface area contributed by atoms with Gasteiger partial charge >= 0.3 is 0 Å². The van der Waals surface area contributed by atoms with Crippen LogP contribution in [0.2, 0.25) is 0 Å². The molecule has 0 atom stereocenters. The number of rotatable bonds is 8. The second-order valence-electron chi connectivity index (χ2n) is 6.19. The Morgan fingerprint density at radius 1 is 1.14 bits per heavy atom. The average Bonchev–Trinajstić information content (AvgIpc) is 3.41. The van der Waals surface area contributed by atoms with E-state index in [0.29, 0.717) is 29.8 Å². The summed E-state index contributed by atoms with van der Waals surface area (Å²) in [6.45, 7) is 2.85. The first-order chi connectivity index (χ1) is 14.2. The van der Waals surface area contributed by atoms with Gasteiger partial charge in [0.2, 0.25) is 5.91 Å². The van der Waals surface area contributed by atoms with Crippen LogP contribution in [0, 0.1) is 0 Å². The van der Waals surface area contributed by atoms with Gasteiger partial charge in [-0.3, -0.25) is 9.69 Å². The molecule has 0 unspecified atom stereocenters. The van der Waals surface area contributed by atoms with Crippen molar-refractivity contribution in [2.24, 2.45) is 0 Å². The van der Waals surface area contributed by atoms with E-state index in [9.17, 15) is 4.79 Å². The average molecular weight is 425 g/mol. The van der Waals surface area contributed by atoms with Crippen LogP contribution in [-0.2, 0) is 11.3 Å². The van der Waals surface area contributed by atoms with Gasteiger partial charge in [-0.25, -0.2) is 4.98 Å². The van der Waals surface area contributed by atoms with Crippen LogP contribution in [0.5, 0.6) is 5.75 Å². The summed E-state index contributed by atoms with van der Waals surface area (Å²) in [4.78, 5) is 20.6. The topological polar surface area (TPSA) is 55.6 Å². The van der Waals surface area contributed by atoms with Crippen LogP contribution in [0.1, 0.15) is 12.7 Å². The summed E-state index contributed by atoms with van der Waals surface area (Å²) >= 11 is 2.99. The van der Waals surface area contributed by atoms with Gasteiger partial charge in [-0.1, -0.05) is 35.6 Å². The number of benzene rings is 2. The largest absolute Gasteiger partial charge is 0.492 e. The molecule has 0 spiro atoms. The Labute approximate surface area is 177 Å². The fourth-order valence-corrected chi connectivity index (χ4v) is 4.65. The molecule has 7 heteroatoms. The number of para-hydroxylation sites is 1. The van der Waals surface area contributed by atoms with Crippen LogP contribution in [0.4, 0.5) is 5.13 Å². The SMILES string of the molecule is CCOc1cccc2sc(N(Cc3ccco3)C(=O)CSc3ccccc3)nc12. The standard InChI is InChI=1S/C22H20N2O3S2/c1-2-26-18-11-6-12-19-21(18)23-22(29-19)24(14-16-8-7-13-27-16)20(25)15-28-17-9-4-3-5-10-17/h3-13H,2,14-15H2,1H3. The first kappa shape index (κ1) is 19.5. The summed E-state index contributed by atoms with van der Waals surface area (Å²) in [7, 11) is 0. The third kappa shape index (κ3) is 4.63. The molecule has 0 aliphatic heterocycles. The fraction of sp³-hybridized carbons (Fsp3) is 0.182. The van der Waals surface area contributed by atoms with Crippen molar-refractivity contribution >= 4 is 44.4 Å². The molecule has 0 aliphatic carbocycles. The zero-order valence-corrected chi connectivity index (χ0v) is 17.5. The molecule has 4 aromatic rings. The monoisotopic (exact) mass is 424 g/mol. The van der Waals surface area contributed by atoms with E-state index in [1.807, 2.05) is 67.6 Å². The highest BCUT2D eigenvalue weighted by Crippen LogP contribution is 2.35. The van der Waals surface area contributed by atoms with Crippen molar-refractivity contribution in [3.8, 4) is 5.75 Å². The third-order valence-corrected chi connectivity index (χ3v) is 6.24. The molecule has 2 heterocycles. The van der Waals surface area contributed by atoms with Crippen molar-refractivity contribution in [1.82, 2.24) is 4.98 Å². The normalized spacial score (nSPS) is 10.9. The Bertz CT molecular complexity index is 1080. The number of carbonyl (C=O) groups is 1. The number of amides is 1. The molecular formula is C22H20N2O3S2. The zero-order chi connectivity index (χ0) is 20.1. The fourth-order valence-electron chi connectivity index (χ4n) is 2.86. The smallest absolute Gasteiger partial charge is 0.239 e. The lowest BCUT2D eigenvalue weighted by atomic mass is 10.3. The van der Waals surface area contributed by atoms with Crippen LogP contribution in [-0.4, -0.2) is 23.3 Å². The number of carbonyl (C=O) groups excluding carboxylic acids is 1. The first-order valence-electron chi connectivity index (χ1n) is 9.27. The molecule has 0 bridgehead atoms. The maximum Gasteiger partial charge on any atom is 0.239 e. The molecule has 0 radical (unpaired) electrons. The Morgan fingerprint density at radius 3 is 2.76 bits per heavy atom. The summed E-state index contributed by atoms with van der Waals surface area (Å²) < 4.78 is 12.2. The quantitative estimate of drug-likeness (QED) is 0.344. The molecule has 2 aromatic carbocycles. The molecule has 1 amide bonds. The molecule has 0 aliphatic rings. The van der Waals surface area contributed by atoms with E-state index in [-0.39, 0.29) is 5.91 Å². The number of hydrogen-bond donors (Lipinski definition) is 0. The van der Waals surface area contributed by atoms with Gasteiger partial charge in [0.05, 0.1) is 29.9 Å². The minimum absolute atomic E-state index is 0.0210. The summed E-state index contributed by atoms with van der Waals surface area (Å²) in [6, 6.07) is 19.4. The van der Waals surface area contributed by atoms with E-state index < -0.39 is 0 Å². The van der Waals surface area contributed by atoms with Crippen LogP contribution < -0.4 is 9.64 Å². The van der Waals surface area contributed by atoms with E-state index in [1.165, 1.54) is 23.1 Å². The highest BCUT2D eigenvalue weighted by molar-refractivity contribution is 8.00. The van der Waals surface area contributed by atoms with Gasteiger partial charge < -0.3 is 9.15 Å². The second kappa shape index (κ2) is 9.15. The van der Waals surface area contributed by atoms with E-state index >= 15 is 0 Å². The third-order valence-electron chi connectivity index (χ3n) is 4.20. The Hall–Kier alpha value is -2.77. The van der Waals surface area contributed by atoms with Crippen molar-refractivity contribution in [2.45, 2.75) is 18.4 Å². The minimum atomic E-state index is -0.0210. The Balaban J connectivity index is 1.62. The van der Waals surface area contributed by atoms with Gasteiger partial charge in [-0.2, -0.15) is 0 Å². The number of furan rings is 1. The maximum absolute atomic E-state index is 13.1. The number of aromatic nitrogens is 1. The maximum atomic E-state index is 13.1. The van der Waals surface area contributed by atoms with Gasteiger partial charge in [0, 0.05) is 4.90 Å². The van der Waals surface area contributed by atoms with Gasteiger partial charge in [-0.15, -0.1) is 11.8 Å². The van der Waals surface area contributed by atoms with Crippen molar-refractivity contribution in [3.63, 3.8) is 0 Å². The summed E-state index contributed by atoms with van der Waals surface area (Å²) in [6.07, 6.45) is 1.61. The molecule has 29 heavy (non-hydrogen) atoms. The van der Waals surface area contributed by atoms with Crippen molar-refractivity contribution in [1.29, 1.82) is 0 Å². The molecule has 5 nitrogen and oxygen atoms in total. The van der Waals surface area contributed by atoms with Crippen molar-refractivity contribution in [2.75, 3.05) is 17.3 Å². The number of ether oxygens (including phenoxy) is 1. The van der Waals surface area contributed by atoms with Crippen LogP contribution in [0.3, 0.4) is 0 Å². The highest BCUT2D eigenvalue weighted by Gasteiger charge is 2.22. The van der Waals surface area contributed by atoms with Crippen LogP contribution in [0.15, 0.2) is 76.2 Å². The molecule has 148 valence electrons. The Morgan fingerprint density at radius 2 is 2.00 bits per heavy atom. The second-order valence-corrected chi connectivity index (χ2v) is 8.25. The van der Waals surface area contributed by atoms with Crippen LogP contribution in [0.25, 0.3) is 10.2 Å². The van der Waals surface area contributed by atoms with Gasteiger partial charge in [0.25, 0.3) is 0 Å². The zero-order valence-electron chi connectivity index (χ0n) is 15.9. The van der Waals surface area contributed by atoms with E-state index in [0.717, 1.165) is 20.9 Å². The number of thiazole rings is 1. The predicted molar refractivity (Wildman–Crippen MR) is 118 cm³/mol. The summed E-state index contributed by atoms with van der Waals surface area (Å²) in [5, 5.41) is 0.641. The lowest BCUT2D eigenvalue weighted by Gasteiger charge is -2.18. The molecule has 0 saturated carbocycles. The minimum Gasteiger partial charge on any atom is -0.492 e. The first-order valence-corrected chi connectivity index (χ1v) is 11.1. The van der Waals surface area contributed by atoms with Crippen molar-refractivity contribution < 1.29 is 13.9 Å². The lowest BCUT2D eigenvalue weighted by Crippen LogP contribution is -2.31. The Kier molecular flexibility index (Phi) is 6.17. The number of fused-ring (bicyclic) bond motifs is 1. The number of nitrogens with zero attached hydrogens (tertiary/aromatic N) is 2. The summed E-state index contributed by atoms with van der Waals surface area (Å²) in [5.74, 6) is 1.75. The molecule has 0 saturated heterocycles. The summed E-state index contributed by atoms with van der Waals surface area (Å²) in [5.41, 5.74) is 0.780. The number of anilines is 1. The van der Waals surface area contributed by atoms with E-state index in [1.54, 1.807) is 11.2 Å². The van der Waals surface area contributed by atoms with E-state index in [4.69, 9.17) is 14.1 Å². The predicted octanol–water partition coefficient (Wildman–Crippen LogP) is 5.61. The van der Waals surface area contributed by atoms with Gasteiger partial charge in [0.15, 0.2) is 5.13 Å². The number of thioether (sulfide) groups is 1. The van der Waals surface area contributed by atoms with Gasteiger partial charge in [-0.05, 0) is 43.3 Å². The van der Waals surface area contributed by atoms with Crippen LogP contribution >= 0.6 is 23.1 Å². The molecule has 2 aromatic heterocycles. The molecule has 0 fully saturated rings.